The lowest BCUT2D eigenvalue weighted by atomic mass is 9.82. The molecule has 1 saturated carbocycles. The van der Waals surface area contributed by atoms with Crippen LogP contribution in [0.15, 0.2) is 24.4 Å². The molecule has 1 saturated heterocycles. The van der Waals surface area contributed by atoms with Gasteiger partial charge in [0.25, 0.3) is 0 Å². The number of amides is 1. The van der Waals surface area contributed by atoms with Crippen LogP contribution in [0, 0.1) is 23.7 Å². The van der Waals surface area contributed by atoms with Gasteiger partial charge in [-0.05, 0) is 51.5 Å². The molecule has 27 heavy (non-hydrogen) atoms. The van der Waals surface area contributed by atoms with Crippen LogP contribution >= 0.6 is 0 Å². The first kappa shape index (κ1) is 19.2. The summed E-state index contributed by atoms with van der Waals surface area (Å²) in [7, 11) is 0. The quantitative estimate of drug-likeness (QED) is 0.809. The molecule has 1 unspecified atom stereocenters. The fourth-order valence-electron chi connectivity index (χ4n) is 3.94. The minimum atomic E-state index is -0.407. The average molecular weight is 366 g/mol. The van der Waals surface area contributed by atoms with E-state index in [0.717, 1.165) is 25.7 Å². The van der Waals surface area contributed by atoms with Crippen molar-refractivity contribution in [3.63, 3.8) is 0 Å². The van der Waals surface area contributed by atoms with Crippen molar-refractivity contribution in [2.24, 2.45) is 0 Å². The Bertz CT molecular complexity index is 707. The van der Waals surface area contributed by atoms with Gasteiger partial charge in [0, 0.05) is 17.8 Å². The van der Waals surface area contributed by atoms with E-state index in [1.165, 1.54) is 0 Å². The second kappa shape index (κ2) is 8.41. The van der Waals surface area contributed by atoms with Gasteiger partial charge in [-0.2, -0.15) is 5.26 Å². The number of ether oxygens (including phenoxy) is 1. The lowest BCUT2D eigenvalue weighted by Gasteiger charge is -2.38. The van der Waals surface area contributed by atoms with E-state index in [1.54, 1.807) is 11.1 Å². The highest BCUT2D eigenvalue weighted by atomic mass is 16.5. The minimum absolute atomic E-state index is 0.0879. The number of terminal acetylenes is 1. The molecule has 1 aliphatic carbocycles. The number of hydrogen-bond acceptors (Lipinski definition) is 5. The molecule has 0 spiro atoms. The Morgan fingerprint density at radius 1 is 1.37 bits per heavy atom. The van der Waals surface area contributed by atoms with Crippen LogP contribution in [-0.4, -0.2) is 46.1 Å². The highest BCUT2D eigenvalue weighted by Gasteiger charge is 2.37. The second-order valence-electron chi connectivity index (χ2n) is 7.61. The summed E-state index contributed by atoms with van der Waals surface area (Å²) in [5.74, 6) is 3.21. The molecule has 142 valence electrons. The Balaban J connectivity index is 1.49. The second-order valence-corrected chi connectivity index (χ2v) is 7.61. The predicted molar refractivity (Wildman–Crippen MR) is 102 cm³/mol. The molecule has 2 fully saturated rings. The van der Waals surface area contributed by atoms with Crippen molar-refractivity contribution in [1.82, 2.24) is 15.2 Å². The summed E-state index contributed by atoms with van der Waals surface area (Å²) in [6.07, 6.45) is 12.4. The summed E-state index contributed by atoms with van der Waals surface area (Å²) in [5, 5.41) is 12.7. The third kappa shape index (κ3) is 4.59. The molecule has 6 nitrogen and oxygen atoms in total. The SMILES string of the molecule is C#CC1CC[C@@H](C#N)N1C(=O)CN[C@]1(C)CC[C@@H](Oc2ccccn2)CC1. The third-order valence-electron chi connectivity index (χ3n) is 5.64. The molecule has 6 heteroatoms. The van der Waals surface area contributed by atoms with Gasteiger partial charge in [0.2, 0.25) is 11.8 Å². The maximum atomic E-state index is 12.7. The van der Waals surface area contributed by atoms with Crippen molar-refractivity contribution in [1.29, 1.82) is 5.26 Å². The first-order valence-electron chi connectivity index (χ1n) is 9.54. The van der Waals surface area contributed by atoms with E-state index in [0.29, 0.717) is 18.7 Å². The lowest BCUT2D eigenvalue weighted by Crippen LogP contribution is -2.52. The van der Waals surface area contributed by atoms with E-state index in [9.17, 15) is 10.1 Å². The number of hydrogen-bond donors (Lipinski definition) is 1. The van der Waals surface area contributed by atoms with Gasteiger partial charge in [-0.3, -0.25) is 4.79 Å². The summed E-state index contributed by atoms with van der Waals surface area (Å²) >= 11 is 0. The van der Waals surface area contributed by atoms with E-state index in [1.807, 2.05) is 18.2 Å². The Kier molecular flexibility index (Phi) is 5.98. The van der Waals surface area contributed by atoms with Crippen LogP contribution in [-0.2, 0) is 4.79 Å². The smallest absolute Gasteiger partial charge is 0.238 e. The van der Waals surface area contributed by atoms with Crippen molar-refractivity contribution < 1.29 is 9.53 Å². The van der Waals surface area contributed by atoms with Gasteiger partial charge in [-0.1, -0.05) is 12.0 Å². The topological polar surface area (TPSA) is 78.2 Å². The molecule has 2 aliphatic rings. The minimum Gasteiger partial charge on any atom is -0.474 e. The summed E-state index contributed by atoms with van der Waals surface area (Å²) in [6.45, 7) is 2.35. The zero-order chi connectivity index (χ0) is 19.3. The molecule has 3 rings (SSSR count). The summed E-state index contributed by atoms with van der Waals surface area (Å²) < 4.78 is 5.94. The van der Waals surface area contributed by atoms with Gasteiger partial charge in [-0.15, -0.1) is 6.42 Å². The van der Waals surface area contributed by atoms with Crippen molar-refractivity contribution in [2.45, 2.75) is 69.2 Å². The van der Waals surface area contributed by atoms with Gasteiger partial charge < -0.3 is 15.0 Å². The van der Waals surface area contributed by atoms with Crippen LogP contribution in [0.4, 0.5) is 0 Å². The van der Waals surface area contributed by atoms with Crippen molar-refractivity contribution in [3.05, 3.63) is 24.4 Å². The van der Waals surface area contributed by atoms with Crippen LogP contribution < -0.4 is 10.1 Å². The molecule has 1 aliphatic heterocycles. The van der Waals surface area contributed by atoms with Gasteiger partial charge in [0.15, 0.2) is 0 Å². The Hall–Kier alpha value is -2.57. The van der Waals surface area contributed by atoms with Crippen LogP contribution in [0.3, 0.4) is 0 Å². The fraction of sp³-hybridized carbons (Fsp3) is 0.571. The van der Waals surface area contributed by atoms with Crippen molar-refractivity contribution in [2.75, 3.05) is 6.54 Å². The summed E-state index contributed by atoms with van der Waals surface area (Å²) in [4.78, 5) is 18.4. The number of carbonyl (C=O) groups excluding carboxylic acids is 1. The van der Waals surface area contributed by atoms with E-state index < -0.39 is 6.04 Å². The van der Waals surface area contributed by atoms with Crippen LogP contribution in [0.25, 0.3) is 0 Å². The number of aromatic nitrogens is 1. The molecule has 0 bridgehead atoms. The van der Waals surface area contributed by atoms with E-state index in [-0.39, 0.29) is 30.1 Å². The number of pyridine rings is 1. The lowest BCUT2D eigenvalue weighted by molar-refractivity contribution is -0.131. The third-order valence-corrected chi connectivity index (χ3v) is 5.64. The molecular weight excluding hydrogens is 340 g/mol. The predicted octanol–water partition coefficient (Wildman–Crippen LogP) is 2.27. The van der Waals surface area contributed by atoms with Crippen LogP contribution in [0.5, 0.6) is 5.88 Å². The molecule has 2 heterocycles. The van der Waals surface area contributed by atoms with Gasteiger partial charge >= 0.3 is 0 Å². The first-order chi connectivity index (χ1) is 13.0. The van der Waals surface area contributed by atoms with Gasteiger partial charge in [0.05, 0.1) is 18.7 Å². The normalized spacial score (nSPS) is 30.3. The standard InChI is InChI=1S/C21H26N4O2/c1-3-16-7-8-17(14-22)25(16)20(26)15-24-21(2)11-9-18(10-12-21)27-19-6-4-5-13-23-19/h1,4-6,13,16-18,24H,7-12,15H2,2H3/t16?,17-,18-,21-/m0/s1. The maximum absolute atomic E-state index is 12.7. The van der Waals surface area contributed by atoms with E-state index in [2.05, 4.69) is 29.2 Å². The Labute approximate surface area is 160 Å². The number of likely N-dealkylation sites (tertiary alicyclic amines) is 1. The van der Waals surface area contributed by atoms with Crippen LogP contribution in [0.1, 0.15) is 45.4 Å². The first-order valence-corrected chi connectivity index (χ1v) is 9.54. The monoisotopic (exact) mass is 366 g/mol. The van der Waals surface area contributed by atoms with E-state index in [4.69, 9.17) is 11.2 Å². The number of nitrogens with zero attached hydrogens (tertiary/aromatic N) is 3. The fourth-order valence-corrected chi connectivity index (χ4v) is 3.94. The number of carbonyl (C=O) groups is 1. The van der Waals surface area contributed by atoms with Gasteiger partial charge in [-0.25, -0.2) is 4.98 Å². The molecule has 1 N–H and O–H groups in total. The molecule has 0 aromatic carbocycles. The Morgan fingerprint density at radius 2 is 2.11 bits per heavy atom. The van der Waals surface area contributed by atoms with Crippen molar-refractivity contribution >= 4 is 5.91 Å². The highest BCUT2D eigenvalue weighted by Crippen LogP contribution is 2.30. The summed E-state index contributed by atoms with van der Waals surface area (Å²) in [6, 6.07) is 7.18. The average Bonchev–Trinajstić information content (AvgIpc) is 3.12. The zero-order valence-electron chi connectivity index (χ0n) is 15.7. The highest BCUT2D eigenvalue weighted by molar-refractivity contribution is 5.80. The van der Waals surface area contributed by atoms with Crippen LogP contribution in [0.2, 0.25) is 0 Å². The molecule has 1 amide bonds. The number of nitrogens with one attached hydrogen (secondary N) is 1. The van der Waals surface area contributed by atoms with Crippen molar-refractivity contribution in [3.8, 4) is 24.3 Å². The maximum Gasteiger partial charge on any atom is 0.238 e. The van der Waals surface area contributed by atoms with Gasteiger partial charge in [0.1, 0.15) is 12.1 Å². The Morgan fingerprint density at radius 3 is 2.74 bits per heavy atom. The van der Waals surface area contributed by atoms with E-state index >= 15 is 0 Å². The summed E-state index contributed by atoms with van der Waals surface area (Å²) in [5.41, 5.74) is -0.118. The molecule has 2 atom stereocenters. The molecular formula is C21H26N4O2. The molecule has 0 radical (unpaired) electrons. The number of nitriles is 1. The zero-order valence-corrected chi connectivity index (χ0v) is 15.7. The largest absolute Gasteiger partial charge is 0.474 e. The number of rotatable bonds is 5. The molecule has 1 aromatic heterocycles. The molecule has 1 aromatic rings.